The summed E-state index contributed by atoms with van der Waals surface area (Å²) in [6.45, 7) is 1.79. The van der Waals surface area contributed by atoms with Crippen LogP contribution in [0.15, 0.2) is 57.9 Å². The zero-order valence-electron chi connectivity index (χ0n) is 13.0. The van der Waals surface area contributed by atoms with Crippen molar-refractivity contribution >= 4 is 50.4 Å². The van der Waals surface area contributed by atoms with Gasteiger partial charge in [-0.1, -0.05) is 28.4 Å². The van der Waals surface area contributed by atoms with Crippen LogP contribution < -0.4 is 10.0 Å². The molecule has 0 spiro atoms. The normalized spacial score (nSPS) is 11.3. The second kappa shape index (κ2) is 6.95. The van der Waals surface area contributed by atoms with Crippen LogP contribution in [-0.2, 0) is 10.0 Å². The molecule has 3 aromatic rings. The van der Waals surface area contributed by atoms with E-state index in [9.17, 15) is 8.42 Å². The van der Waals surface area contributed by atoms with E-state index < -0.39 is 10.0 Å². The van der Waals surface area contributed by atoms with Gasteiger partial charge in [-0.05, 0) is 49.4 Å². The van der Waals surface area contributed by atoms with E-state index in [1.54, 1.807) is 37.3 Å². The molecule has 1 heterocycles. The number of benzene rings is 2. The van der Waals surface area contributed by atoms with E-state index in [0.29, 0.717) is 22.3 Å². The van der Waals surface area contributed by atoms with Crippen LogP contribution in [0, 0.1) is 6.92 Å². The smallest absolute Gasteiger partial charge is 0.261 e. The topological polar surface area (TPSA) is 84.2 Å². The SMILES string of the molecule is Cc1cc(Nc2ccc(NS(=O)(=O)c3ccc(Cl)c(Cl)c3)cc2)no1. The van der Waals surface area contributed by atoms with Crippen molar-refractivity contribution in [1.29, 1.82) is 0 Å². The number of nitrogens with one attached hydrogen (secondary N) is 2. The lowest BCUT2D eigenvalue weighted by molar-refractivity contribution is 0.400. The molecule has 3 rings (SSSR count). The summed E-state index contributed by atoms with van der Waals surface area (Å²) < 4.78 is 32.2. The van der Waals surface area contributed by atoms with Gasteiger partial charge >= 0.3 is 0 Å². The molecule has 0 saturated carbocycles. The van der Waals surface area contributed by atoms with Crippen molar-refractivity contribution < 1.29 is 12.9 Å². The fraction of sp³-hybridized carbons (Fsp3) is 0.0625. The Morgan fingerprint density at radius 1 is 0.960 bits per heavy atom. The Labute approximate surface area is 154 Å². The van der Waals surface area contributed by atoms with Crippen LogP contribution in [-0.4, -0.2) is 13.6 Å². The summed E-state index contributed by atoms with van der Waals surface area (Å²) in [5.74, 6) is 1.26. The summed E-state index contributed by atoms with van der Waals surface area (Å²) >= 11 is 11.7. The van der Waals surface area contributed by atoms with E-state index >= 15 is 0 Å². The summed E-state index contributed by atoms with van der Waals surface area (Å²) in [6, 6.07) is 12.6. The molecule has 0 saturated heterocycles. The standard InChI is InChI=1S/C16H13Cl2N3O3S/c1-10-8-16(20-24-10)19-11-2-4-12(5-3-11)21-25(22,23)13-6-7-14(17)15(18)9-13/h2-9,21H,1H3,(H,19,20). The maximum Gasteiger partial charge on any atom is 0.261 e. The van der Waals surface area contributed by atoms with Gasteiger partial charge in [0.1, 0.15) is 5.76 Å². The van der Waals surface area contributed by atoms with Crippen molar-refractivity contribution in [2.24, 2.45) is 0 Å². The maximum absolute atomic E-state index is 12.4. The van der Waals surface area contributed by atoms with Crippen molar-refractivity contribution in [3.05, 3.63) is 64.3 Å². The molecular weight excluding hydrogens is 385 g/mol. The zero-order chi connectivity index (χ0) is 18.0. The van der Waals surface area contributed by atoms with Gasteiger partial charge in [0.2, 0.25) is 0 Å². The highest BCUT2D eigenvalue weighted by atomic mass is 35.5. The van der Waals surface area contributed by atoms with E-state index in [1.807, 2.05) is 0 Å². The third kappa shape index (κ3) is 4.25. The molecule has 0 fully saturated rings. The number of sulfonamides is 1. The van der Waals surface area contributed by atoms with E-state index in [1.165, 1.54) is 18.2 Å². The van der Waals surface area contributed by atoms with Crippen molar-refractivity contribution in [3.8, 4) is 0 Å². The molecule has 6 nitrogen and oxygen atoms in total. The lowest BCUT2D eigenvalue weighted by Gasteiger charge is -2.10. The van der Waals surface area contributed by atoms with Crippen molar-refractivity contribution in [2.75, 3.05) is 10.0 Å². The molecule has 0 unspecified atom stereocenters. The number of aromatic nitrogens is 1. The summed E-state index contributed by atoms with van der Waals surface area (Å²) in [6.07, 6.45) is 0. The first-order chi connectivity index (χ1) is 11.8. The van der Waals surface area contributed by atoms with Gasteiger partial charge in [0, 0.05) is 17.4 Å². The third-order valence-corrected chi connectivity index (χ3v) is 5.36. The molecule has 1 aromatic heterocycles. The highest BCUT2D eigenvalue weighted by Crippen LogP contribution is 2.26. The van der Waals surface area contributed by atoms with Crippen LogP contribution in [0.4, 0.5) is 17.2 Å². The van der Waals surface area contributed by atoms with Gasteiger partial charge in [0.25, 0.3) is 10.0 Å². The van der Waals surface area contributed by atoms with E-state index in [2.05, 4.69) is 15.2 Å². The number of aryl methyl sites for hydroxylation is 1. The van der Waals surface area contributed by atoms with Crippen LogP contribution in [0.3, 0.4) is 0 Å². The van der Waals surface area contributed by atoms with Crippen molar-refractivity contribution in [1.82, 2.24) is 5.16 Å². The molecule has 9 heteroatoms. The number of nitrogens with zero attached hydrogens (tertiary/aromatic N) is 1. The van der Waals surface area contributed by atoms with Gasteiger partial charge in [-0.3, -0.25) is 4.72 Å². The van der Waals surface area contributed by atoms with Gasteiger partial charge in [0.05, 0.1) is 14.9 Å². The Kier molecular flexibility index (Phi) is 4.89. The van der Waals surface area contributed by atoms with Crippen molar-refractivity contribution in [2.45, 2.75) is 11.8 Å². The summed E-state index contributed by atoms with van der Waals surface area (Å²) in [7, 11) is -3.76. The number of hydrogen-bond donors (Lipinski definition) is 2. The van der Waals surface area contributed by atoms with Crippen LogP contribution in [0.1, 0.15) is 5.76 Å². The molecule has 0 aliphatic heterocycles. The molecule has 2 aromatic carbocycles. The molecule has 25 heavy (non-hydrogen) atoms. The Balaban J connectivity index is 1.74. The fourth-order valence-electron chi connectivity index (χ4n) is 2.05. The fourth-order valence-corrected chi connectivity index (χ4v) is 3.50. The minimum Gasteiger partial charge on any atom is -0.360 e. The Hall–Kier alpha value is -2.22. The molecule has 0 aliphatic carbocycles. The Morgan fingerprint density at radius 2 is 1.64 bits per heavy atom. The lowest BCUT2D eigenvalue weighted by Crippen LogP contribution is -2.12. The van der Waals surface area contributed by atoms with E-state index in [0.717, 1.165) is 5.69 Å². The number of halogens is 2. The summed E-state index contributed by atoms with van der Waals surface area (Å²) in [5.41, 5.74) is 1.15. The zero-order valence-corrected chi connectivity index (χ0v) is 15.3. The predicted molar refractivity (Wildman–Crippen MR) is 98.2 cm³/mol. The molecule has 0 radical (unpaired) electrons. The predicted octanol–water partition coefficient (Wildman–Crippen LogP) is 4.83. The van der Waals surface area contributed by atoms with Crippen LogP contribution in [0.5, 0.6) is 0 Å². The van der Waals surface area contributed by atoms with E-state index in [-0.39, 0.29) is 9.92 Å². The monoisotopic (exact) mass is 397 g/mol. The average Bonchev–Trinajstić information content (AvgIpc) is 2.96. The Bertz CT molecular complexity index is 1000. The minimum absolute atomic E-state index is 0.0298. The molecule has 0 aliphatic rings. The summed E-state index contributed by atoms with van der Waals surface area (Å²) in [5, 5.41) is 7.34. The van der Waals surface area contributed by atoms with Gasteiger partial charge in [-0.15, -0.1) is 0 Å². The molecule has 130 valence electrons. The van der Waals surface area contributed by atoms with Gasteiger partial charge < -0.3 is 9.84 Å². The molecule has 2 N–H and O–H groups in total. The van der Waals surface area contributed by atoms with Gasteiger partial charge in [-0.25, -0.2) is 8.42 Å². The quantitative estimate of drug-likeness (QED) is 0.643. The highest BCUT2D eigenvalue weighted by Gasteiger charge is 2.15. The first kappa shape index (κ1) is 17.6. The van der Waals surface area contributed by atoms with Crippen molar-refractivity contribution in [3.63, 3.8) is 0 Å². The molecule has 0 bridgehead atoms. The van der Waals surface area contributed by atoms with Crippen LogP contribution in [0.25, 0.3) is 0 Å². The number of rotatable bonds is 5. The second-order valence-corrected chi connectivity index (χ2v) is 7.70. The first-order valence-electron chi connectivity index (χ1n) is 7.12. The molecule has 0 amide bonds. The second-order valence-electron chi connectivity index (χ2n) is 5.21. The van der Waals surface area contributed by atoms with Gasteiger partial charge in [0.15, 0.2) is 5.82 Å². The molecular formula is C16H13Cl2N3O3S. The molecule has 0 atom stereocenters. The number of anilines is 3. The first-order valence-corrected chi connectivity index (χ1v) is 9.36. The van der Waals surface area contributed by atoms with Gasteiger partial charge in [-0.2, -0.15) is 0 Å². The van der Waals surface area contributed by atoms with Crippen LogP contribution >= 0.6 is 23.2 Å². The lowest BCUT2D eigenvalue weighted by atomic mass is 10.3. The third-order valence-electron chi connectivity index (χ3n) is 3.24. The van der Waals surface area contributed by atoms with Crippen LogP contribution in [0.2, 0.25) is 10.0 Å². The summed E-state index contributed by atoms with van der Waals surface area (Å²) in [4.78, 5) is 0.0298. The highest BCUT2D eigenvalue weighted by molar-refractivity contribution is 7.92. The van der Waals surface area contributed by atoms with E-state index in [4.69, 9.17) is 27.7 Å². The largest absolute Gasteiger partial charge is 0.360 e. The Morgan fingerprint density at radius 3 is 2.24 bits per heavy atom. The maximum atomic E-state index is 12.4. The minimum atomic E-state index is -3.76. The average molecular weight is 398 g/mol. The number of hydrogen-bond acceptors (Lipinski definition) is 5.